The van der Waals surface area contributed by atoms with Crippen LogP contribution in [0.3, 0.4) is 0 Å². The van der Waals surface area contributed by atoms with Gasteiger partial charge in [0.1, 0.15) is 5.65 Å². The summed E-state index contributed by atoms with van der Waals surface area (Å²) in [6.07, 6.45) is 0. The molecule has 49 heavy (non-hydrogen) atoms. The zero-order chi connectivity index (χ0) is 32.1. The zero-order valence-electron chi connectivity index (χ0n) is 26.5. The molecule has 0 fully saturated rings. The van der Waals surface area contributed by atoms with Gasteiger partial charge in [-0.15, -0.1) is 0 Å². The van der Waals surface area contributed by atoms with E-state index in [0.717, 1.165) is 5.69 Å². The quantitative estimate of drug-likeness (QED) is 0.187. The molecule has 0 radical (unpaired) electrons. The van der Waals surface area contributed by atoms with Crippen molar-refractivity contribution in [3.8, 4) is 33.6 Å². The average molecular weight is 641 g/mol. The first-order valence-electron chi connectivity index (χ1n) is 16.8. The maximum Gasteiger partial charge on any atom is 0.131 e. The van der Waals surface area contributed by atoms with E-state index in [1.807, 2.05) is 11.8 Å². The molecule has 3 heteroatoms. The summed E-state index contributed by atoms with van der Waals surface area (Å²) in [5, 5.41) is 8.91. The molecule has 0 atom stereocenters. The number of hydrogen-bond donors (Lipinski definition) is 0. The SMILES string of the molecule is c1ccc2c(c1)Sc1cccc3c4c5c(-c6ccc7ccccc7c6)cccc5n(-c5ccc(-c6ccc7ccccc7c6)cc5)c4n-2c13. The third-order valence-corrected chi connectivity index (χ3v) is 11.4. The maximum atomic E-state index is 2.52. The Labute approximate surface area is 287 Å². The largest absolute Gasteiger partial charge is 0.295 e. The summed E-state index contributed by atoms with van der Waals surface area (Å²) in [6.45, 7) is 0. The Morgan fingerprint density at radius 3 is 1.84 bits per heavy atom. The van der Waals surface area contributed by atoms with Crippen molar-refractivity contribution < 1.29 is 0 Å². The fourth-order valence-electron chi connectivity index (χ4n) is 8.05. The predicted molar refractivity (Wildman–Crippen MR) is 208 cm³/mol. The van der Waals surface area contributed by atoms with E-state index in [1.165, 1.54) is 92.1 Å². The molecule has 0 unspecified atom stereocenters. The molecular weight excluding hydrogens is 613 g/mol. The van der Waals surface area contributed by atoms with E-state index in [2.05, 4.69) is 179 Å². The van der Waals surface area contributed by atoms with Crippen LogP contribution in [0.5, 0.6) is 0 Å². The Bertz CT molecular complexity index is 2960. The highest BCUT2D eigenvalue weighted by Crippen LogP contribution is 2.51. The van der Waals surface area contributed by atoms with Crippen LogP contribution in [0.4, 0.5) is 0 Å². The lowest BCUT2D eigenvalue weighted by Gasteiger charge is -2.21. The van der Waals surface area contributed by atoms with Crippen LogP contribution < -0.4 is 0 Å². The number of fused-ring (bicyclic) bond motifs is 9. The molecule has 0 saturated carbocycles. The average Bonchev–Trinajstić information content (AvgIpc) is 3.69. The summed E-state index contributed by atoms with van der Waals surface area (Å²) in [5.41, 5.74) is 11.0. The van der Waals surface area contributed by atoms with Crippen molar-refractivity contribution in [2.75, 3.05) is 0 Å². The van der Waals surface area contributed by atoms with Crippen LogP contribution in [0.1, 0.15) is 0 Å². The molecule has 2 aromatic heterocycles. The Morgan fingerprint density at radius 2 is 1.04 bits per heavy atom. The summed E-state index contributed by atoms with van der Waals surface area (Å²) in [7, 11) is 0. The molecule has 0 spiro atoms. The molecule has 10 aromatic rings. The second-order valence-corrected chi connectivity index (χ2v) is 14.0. The molecule has 0 saturated heterocycles. The molecule has 1 aliphatic rings. The van der Waals surface area contributed by atoms with Gasteiger partial charge >= 0.3 is 0 Å². The normalized spacial score (nSPS) is 12.4. The summed E-state index contributed by atoms with van der Waals surface area (Å²) < 4.78 is 5.02. The fraction of sp³-hybridized carbons (Fsp3) is 0. The number of hydrogen-bond acceptors (Lipinski definition) is 1. The monoisotopic (exact) mass is 640 g/mol. The lowest BCUT2D eigenvalue weighted by atomic mass is 9.97. The van der Waals surface area contributed by atoms with Crippen LogP contribution in [-0.2, 0) is 0 Å². The first kappa shape index (κ1) is 27.0. The lowest BCUT2D eigenvalue weighted by Crippen LogP contribution is -2.05. The number of benzene rings is 8. The van der Waals surface area contributed by atoms with E-state index in [4.69, 9.17) is 0 Å². The summed E-state index contributed by atoms with van der Waals surface area (Å²) in [5.74, 6) is 0. The van der Waals surface area contributed by atoms with Crippen LogP contribution in [-0.4, -0.2) is 9.13 Å². The molecule has 3 heterocycles. The van der Waals surface area contributed by atoms with Crippen LogP contribution in [0, 0.1) is 0 Å². The van der Waals surface area contributed by atoms with Gasteiger partial charge in [0, 0.05) is 31.6 Å². The summed E-state index contributed by atoms with van der Waals surface area (Å²) in [6, 6.07) is 62.5. The molecular formula is C46H28N2S. The van der Waals surface area contributed by atoms with Gasteiger partial charge in [0.25, 0.3) is 0 Å². The lowest BCUT2D eigenvalue weighted by molar-refractivity contribution is 1.03. The standard InChI is InChI=1S/C46H28N2S/c1-3-11-32-27-34(21-19-29(32)9-1)31-23-25-36(26-24-31)47-40-16-7-13-37(35-22-20-30-10-2-4-12-33(30)28-35)43(40)44-38-14-8-18-42-45(38)48(46(44)47)39-15-5-6-17-41(39)49-42/h1-28H. The number of para-hydroxylation sites is 2. The van der Waals surface area contributed by atoms with Crippen molar-refractivity contribution in [3.63, 3.8) is 0 Å². The highest BCUT2D eigenvalue weighted by Gasteiger charge is 2.28. The molecule has 1 aliphatic heterocycles. The van der Waals surface area contributed by atoms with Crippen molar-refractivity contribution in [1.29, 1.82) is 0 Å². The van der Waals surface area contributed by atoms with Crippen molar-refractivity contribution in [2.45, 2.75) is 9.79 Å². The Morgan fingerprint density at radius 1 is 0.408 bits per heavy atom. The molecule has 0 N–H and O–H groups in total. The molecule has 8 aromatic carbocycles. The van der Waals surface area contributed by atoms with Gasteiger partial charge in [-0.25, -0.2) is 0 Å². The second-order valence-electron chi connectivity index (χ2n) is 13.0. The molecule has 228 valence electrons. The number of aromatic nitrogens is 2. The maximum absolute atomic E-state index is 2.52. The van der Waals surface area contributed by atoms with Gasteiger partial charge in [0.2, 0.25) is 0 Å². The van der Waals surface area contributed by atoms with E-state index in [9.17, 15) is 0 Å². The van der Waals surface area contributed by atoms with Gasteiger partial charge in [0.05, 0.1) is 16.7 Å². The van der Waals surface area contributed by atoms with Crippen molar-refractivity contribution in [2.24, 2.45) is 0 Å². The molecule has 0 amide bonds. The van der Waals surface area contributed by atoms with Gasteiger partial charge in [-0.2, -0.15) is 0 Å². The third-order valence-electron chi connectivity index (χ3n) is 10.3. The highest BCUT2D eigenvalue weighted by molar-refractivity contribution is 7.99. The summed E-state index contributed by atoms with van der Waals surface area (Å²) >= 11 is 1.87. The Balaban J connectivity index is 1.23. The van der Waals surface area contributed by atoms with E-state index in [1.54, 1.807) is 0 Å². The molecule has 2 nitrogen and oxygen atoms in total. The van der Waals surface area contributed by atoms with Gasteiger partial charge < -0.3 is 0 Å². The minimum absolute atomic E-state index is 1.15. The fourth-order valence-corrected chi connectivity index (χ4v) is 9.14. The Hall–Kier alpha value is -6.03. The molecule has 0 bridgehead atoms. The minimum atomic E-state index is 1.15. The van der Waals surface area contributed by atoms with E-state index in [-0.39, 0.29) is 0 Å². The minimum Gasteiger partial charge on any atom is -0.295 e. The van der Waals surface area contributed by atoms with Crippen LogP contribution in [0.25, 0.3) is 88.0 Å². The second kappa shape index (κ2) is 10.2. The number of rotatable bonds is 3. The van der Waals surface area contributed by atoms with Gasteiger partial charge in [-0.05, 0) is 92.3 Å². The van der Waals surface area contributed by atoms with E-state index >= 15 is 0 Å². The number of nitrogens with zero attached hydrogens (tertiary/aromatic N) is 2. The first-order chi connectivity index (χ1) is 24.3. The van der Waals surface area contributed by atoms with Gasteiger partial charge in [-0.3, -0.25) is 9.13 Å². The topological polar surface area (TPSA) is 9.86 Å². The van der Waals surface area contributed by atoms with Crippen LogP contribution in [0.15, 0.2) is 180 Å². The predicted octanol–water partition coefficient (Wildman–Crippen LogP) is 12.8. The highest BCUT2D eigenvalue weighted by atomic mass is 32.2. The smallest absolute Gasteiger partial charge is 0.131 e. The van der Waals surface area contributed by atoms with Crippen LogP contribution >= 0.6 is 11.8 Å². The van der Waals surface area contributed by atoms with Gasteiger partial charge in [0.15, 0.2) is 0 Å². The van der Waals surface area contributed by atoms with Crippen molar-refractivity contribution in [1.82, 2.24) is 9.13 Å². The van der Waals surface area contributed by atoms with E-state index < -0.39 is 0 Å². The van der Waals surface area contributed by atoms with Gasteiger partial charge in [-0.1, -0.05) is 133 Å². The Kier molecular flexibility index (Phi) is 5.63. The molecule has 11 rings (SSSR count). The zero-order valence-corrected chi connectivity index (χ0v) is 27.3. The van der Waals surface area contributed by atoms with Crippen LogP contribution in [0.2, 0.25) is 0 Å². The first-order valence-corrected chi connectivity index (χ1v) is 17.6. The van der Waals surface area contributed by atoms with Crippen molar-refractivity contribution in [3.05, 3.63) is 170 Å². The third kappa shape index (κ3) is 3.91. The summed E-state index contributed by atoms with van der Waals surface area (Å²) in [4.78, 5) is 2.57. The molecule has 0 aliphatic carbocycles. The van der Waals surface area contributed by atoms with E-state index in [0.29, 0.717) is 0 Å². The van der Waals surface area contributed by atoms with Crippen molar-refractivity contribution >= 4 is 66.1 Å².